The van der Waals surface area contributed by atoms with Gasteiger partial charge in [0.1, 0.15) is 0 Å². The van der Waals surface area contributed by atoms with Crippen molar-refractivity contribution in [2.75, 3.05) is 39.3 Å². The van der Waals surface area contributed by atoms with E-state index in [1.165, 1.54) is 37.0 Å². The Labute approximate surface area is 149 Å². The molecule has 1 saturated carbocycles. The molecule has 2 unspecified atom stereocenters. The van der Waals surface area contributed by atoms with E-state index in [-0.39, 0.29) is 5.91 Å². The summed E-state index contributed by atoms with van der Waals surface area (Å²) in [6, 6.07) is 3.88. The van der Waals surface area contributed by atoms with Gasteiger partial charge in [-0.2, -0.15) is 0 Å². The Bertz CT molecular complexity index is 505. The van der Waals surface area contributed by atoms with E-state index in [2.05, 4.69) is 11.8 Å². The molecular formula is C19H30N2O2S. The predicted molar refractivity (Wildman–Crippen MR) is 98.7 cm³/mol. The summed E-state index contributed by atoms with van der Waals surface area (Å²) in [6.45, 7) is 7.87. The molecule has 0 aromatic carbocycles. The SMILES string of the molecule is CC1CCCCC1OCCN1CCCN(C(=O)c2cccs2)CC1. The first-order valence-electron chi connectivity index (χ1n) is 9.41. The molecule has 4 nitrogen and oxygen atoms in total. The molecule has 2 aliphatic rings. The van der Waals surface area contributed by atoms with Gasteiger partial charge in [0.2, 0.25) is 0 Å². The molecule has 0 radical (unpaired) electrons. The fourth-order valence-corrected chi connectivity index (χ4v) is 4.51. The van der Waals surface area contributed by atoms with Gasteiger partial charge >= 0.3 is 0 Å². The van der Waals surface area contributed by atoms with Crippen molar-refractivity contribution in [3.8, 4) is 0 Å². The number of thiophene rings is 1. The zero-order valence-electron chi connectivity index (χ0n) is 14.8. The van der Waals surface area contributed by atoms with Crippen LogP contribution in [0.15, 0.2) is 17.5 Å². The van der Waals surface area contributed by atoms with Gasteiger partial charge in [-0.15, -0.1) is 11.3 Å². The number of nitrogens with zero attached hydrogens (tertiary/aromatic N) is 2. The Hall–Kier alpha value is -0.910. The van der Waals surface area contributed by atoms with Gasteiger partial charge in [0.15, 0.2) is 0 Å². The van der Waals surface area contributed by atoms with Crippen LogP contribution in [0, 0.1) is 5.92 Å². The average molecular weight is 351 g/mol. The van der Waals surface area contributed by atoms with Gasteiger partial charge in [-0.05, 0) is 43.2 Å². The zero-order chi connectivity index (χ0) is 16.8. The van der Waals surface area contributed by atoms with Gasteiger partial charge in [0, 0.05) is 26.2 Å². The minimum Gasteiger partial charge on any atom is -0.377 e. The first-order valence-corrected chi connectivity index (χ1v) is 10.3. The third-order valence-electron chi connectivity index (χ3n) is 5.38. The van der Waals surface area contributed by atoms with Crippen molar-refractivity contribution in [2.24, 2.45) is 5.92 Å². The molecule has 1 aromatic rings. The number of hydrogen-bond donors (Lipinski definition) is 0. The lowest BCUT2D eigenvalue weighted by Crippen LogP contribution is -2.36. The summed E-state index contributed by atoms with van der Waals surface area (Å²) in [5.74, 6) is 0.904. The number of amides is 1. The number of rotatable bonds is 5. The first kappa shape index (κ1) is 17.9. The Kier molecular flexibility index (Phi) is 6.69. The van der Waals surface area contributed by atoms with Gasteiger partial charge in [0.05, 0.1) is 17.6 Å². The minimum absolute atomic E-state index is 0.194. The molecule has 2 fully saturated rings. The van der Waals surface area contributed by atoms with E-state index in [1.807, 2.05) is 22.4 Å². The van der Waals surface area contributed by atoms with Crippen molar-refractivity contribution in [3.63, 3.8) is 0 Å². The summed E-state index contributed by atoms with van der Waals surface area (Å²) >= 11 is 1.54. The number of carbonyl (C=O) groups is 1. The monoisotopic (exact) mass is 350 g/mol. The highest BCUT2D eigenvalue weighted by molar-refractivity contribution is 7.12. The van der Waals surface area contributed by atoms with Crippen molar-refractivity contribution in [2.45, 2.75) is 45.1 Å². The molecule has 3 rings (SSSR count). The van der Waals surface area contributed by atoms with Crippen LogP contribution < -0.4 is 0 Å². The van der Waals surface area contributed by atoms with Crippen LogP contribution in [-0.4, -0.2) is 61.1 Å². The second-order valence-corrected chi connectivity index (χ2v) is 8.08. The Morgan fingerprint density at radius 1 is 1.21 bits per heavy atom. The average Bonchev–Trinajstić information content (AvgIpc) is 3.03. The molecule has 1 aromatic heterocycles. The molecule has 2 heterocycles. The molecule has 1 saturated heterocycles. The molecule has 1 aliphatic heterocycles. The summed E-state index contributed by atoms with van der Waals surface area (Å²) in [5, 5.41) is 1.97. The number of hydrogen-bond acceptors (Lipinski definition) is 4. The molecule has 1 aliphatic carbocycles. The van der Waals surface area contributed by atoms with Crippen LogP contribution in [0.3, 0.4) is 0 Å². The van der Waals surface area contributed by atoms with E-state index in [1.54, 1.807) is 0 Å². The maximum Gasteiger partial charge on any atom is 0.263 e. The summed E-state index contributed by atoms with van der Waals surface area (Å²) in [4.78, 5) is 17.8. The third-order valence-corrected chi connectivity index (χ3v) is 6.24. The van der Waals surface area contributed by atoms with Crippen LogP contribution in [0.4, 0.5) is 0 Å². The van der Waals surface area contributed by atoms with Crippen molar-refractivity contribution in [3.05, 3.63) is 22.4 Å². The maximum absolute atomic E-state index is 12.5. The lowest BCUT2D eigenvalue weighted by molar-refractivity contribution is -0.0134. The van der Waals surface area contributed by atoms with E-state index >= 15 is 0 Å². The second-order valence-electron chi connectivity index (χ2n) is 7.14. The highest BCUT2D eigenvalue weighted by Crippen LogP contribution is 2.26. The van der Waals surface area contributed by atoms with Crippen molar-refractivity contribution >= 4 is 17.2 Å². The molecule has 0 spiro atoms. The Morgan fingerprint density at radius 2 is 2.08 bits per heavy atom. The van der Waals surface area contributed by atoms with Crippen LogP contribution in [-0.2, 0) is 4.74 Å². The van der Waals surface area contributed by atoms with Gasteiger partial charge in [-0.3, -0.25) is 9.69 Å². The zero-order valence-corrected chi connectivity index (χ0v) is 15.6. The van der Waals surface area contributed by atoms with E-state index < -0.39 is 0 Å². The fraction of sp³-hybridized carbons (Fsp3) is 0.737. The predicted octanol–water partition coefficient (Wildman–Crippen LogP) is 3.49. The smallest absolute Gasteiger partial charge is 0.263 e. The topological polar surface area (TPSA) is 32.8 Å². The van der Waals surface area contributed by atoms with Gasteiger partial charge in [0.25, 0.3) is 5.91 Å². The molecule has 2 atom stereocenters. The number of ether oxygens (including phenoxy) is 1. The van der Waals surface area contributed by atoms with Crippen molar-refractivity contribution in [1.82, 2.24) is 9.80 Å². The molecule has 134 valence electrons. The van der Waals surface area contributed by atoms with Crippen LogP contribution >= 0.6 is 11.3 Å². The van der Waals surface area contributed by atoms with Gasteiger partial charge < -0.3 is 9.64 Å². The van der Waals surface area contributed by atoms with Crippen molar-refractivity contribution < 1.29 is 9.53 Å². The molecule has 5 heteroatoms. The van der Waals surface area contributed by atoms with E-state index in [4.69, 9.17) is 4.74 Å². The molecule has 24 heavy (non-hydrogen) atoms. The highest BCUT2D eigenvalue weighted by Gasteiger charge is 2.23. The van der Waals surface area contributed by atoms with Crippen LogP contribution in [0.25, 0.3) is 0 Å². The van der Waals surface area contributed by atoms with Gasteiger partial charge in [-0.25, -0.2) is 0 Å². The van der Waals surface area contributed by atoms with Crippen LogP contribution in [0.1, 0.15) is 48.7 Å². The normalized spacial score (nSPS) is 26.3. The highest BCUT2D eigenvalue weighted by atomic mass is 32.1. The molecule has 1 amide bonds. The standard InChI is InChI=1S/C19H30N2O2S/c1-16-6-2-3-7-17(16)23-14-13-20-9-5-10-21(12-11-20)19(22)18-8-4-15-24-18/h4,8,15-17H,2-3,5-7,9-14H2,1H3. The molecule has 0 N–H and O–H groups in total. The Morgan fingerprint density at radius 3 is 2.88 bits per heavy atom. The first-order chi connectivity index (χ1) is 11.7. The van der Waals surface area contributed by atoms with E-state index in [0.717, 1.165) is 50.6 Å². The third kappa shape index (κ3) is 4.80. The second kappa shape index (κ2) is 8.97. The molecular weight excluding hydrogens is 320 g/mol. The lowest BCUT2D eigenvalue weighted by atomic mass is 9.88. The number of carbonyl (C=O) groups excluding carboxylic acids is 1. The largest absolute Gasteiger partial charge is 0.377 e. The van der Waals surface area contributed by atoms with Gasteiger partial charge in [-0.1, -0.05) is 25.8 Å². The summed E-state index contributed by atoms with van der Waals surface area (Å²) in [5.41, 5.74) is 0. The Balaban J connectivity index is 1.40. The fourth-order valence-electron chi connectivity index (χ4n) is 3.82. The van der Waals surface area contributed by atoms with Crippen molar-refractivity contribution in [1.29, 1.82) is 0 Å². The quantitative estimate of drug-likeness (QED) is 0.815. The summed E-state index contributed by atoms with van der Waals surface area (Å²) in [7, 11) is 0. The van der Waals surface area contributed by atoms with Crippen LogP contribution in [0.5, 0.6) is 0 Å². The van der Waals surface area contributed by atoms with E-state index in [0.29, 0.717) is 12.0 Å². The van der Waals surface area contributed by atoms with E-state index in [9.17, 15) is 4.79 Å². The lowest BCUT2D eigenvalue weighted by Gasteiger charge is -2.30. The summed E-state index contributed by atoms with van der Waals surface area (Å²) < 4.78 is 6.15. The molecule has 0 bridgehead atoms. The maximum atomic E-state index is 12.5. The van der Waals surface area contributed by atoms with Crippen LogP contribution in [0.2, 0.25) is 0 Å². The summed E-state index contributed by atoms with van der Waals surface area (Å²) in [6.07, 6.45) is 6.73. The minimum atomic E-state index is 0.194.